The molecule has 19 heavy (non-hydrogen) atoms. The van der Waals surface area contributed by atoms with Crippen molar-refractivity contribution < 1.29 is 27.6 Å². The van der Waals surface area contributed by atoms with Crippen LogP contribution in [-0.4, -0.2) is 36.2 Å². The maximum atomic E-state index is 12.1. The van der Waals surface area contributed by atoms with E-state index in [1.54, 1.807) is 0 Å². The first-order valence-electron chi connectivity index (χ1n) is 4.87. The van der Waals surface area contributed by atoms with Gasteiger partial charge < -0.3 is 9.64 Å². The van der Waals surface area contributed by atoms with Crippen LogP contribution >= 0.6 is 0 Å². The Kier molecular flexibility index (Phi) is 3.98. The second kappa shape index (κ2) is 5.12. The zero-order chi connectivity index (χ0) is 14.8. The standard InChI is InChI=1S/C10H9F3N2O4/c1-14(2)9(16)6-3-4-8(19-10(11,12)13)7(5-6)15(17)18/h3-5H,1-2H3. The normalized spacial score (nSPS) is 11.0. The molecule has 0 fully saturated rings. The molecule has 0 aliphatic rings. The Morgan fingerprint density at radius 3 is 2.37 bits per heavy atom. The Labute approximate surface area is 105 Å². The van der Waals surface area contributed by atoms with Gasteiger partial charge in [0.15, 0.2) is 0 Å². The number of rotatable bonds is 3. The topological polar surface area (TPSA) is 72.7 Å². The van der Waals surface area contributed by atoms with Crippen molar-refractivity contribution in [2.45, 2.75) is 6.36 Å². The number of amides is 1. The van der Waals surface area contributed by atoms with E-state index in [0.717, 1.165) is 23.1 Å². The van der Waals surface area contributed by atoms with Gasteiger partial charge in [0.05, 0.1) is 4.92 Å². The lowest BCUT2D eigenvalue weighted by atomic mass is 10.1. The number of halogens is 3. The van der Waals surface area contributed by atoms with Gasteiger partial charge >= 0.3 is 12.0 Å². The lowest BCUT2D eigenvalue weighted by Crippen LogP contribution is -2.22. The lowest BCUT2D eigenvalue weighted by Gasteiger charge is -2.12. The van der Waals surface area contributed by atoms with E-state index in [0.29, 0.717) is 0 Å². The molecule has 0 unspecified atom stereocenters. The minimum atomic E-state index is -5.04. The van der Waals surface area contributed by atoms with Crippen molar-refractivity contribution in [3.05, 3.63) is 33.9 Å². The molecular weight excluding hydrogens is 269 g/mol. The number of hydrogen-bond acceptors (Lipinski definition) is 4. The number of carbonyl (C=O) groups is 1. The molecule has 0 heterocycles. The van der Waals surface area contributed by atoms with Crippen LogP contribution in [0, 0.1) is 10.1 Å². The van der Waals surface area contributed by atoms with Crippen molar-refractivity contribution in [2.75, 3.05) is 14.1 Å². The summed E-state index contributed by atoms with van der Waals surface area (Å²) in [5, 5.41) is 10.7. The minimum absolute atomic E-state index is 0.105. The van der Waals surface area contributed by atoms with E-state index in [9.17, 15) is 28.1 Å². The number of carbonyl (C=O) groups excluding carboxylic acids is 1. The summed E-state index contributed by atoms with van der Waals surface area (Å²) in [5.74, 6) is -1.53. The minimum Gasteiger partial charge on any atom is -0.398 e. The van der Waals surface area contributed by atoms with Crippen LogP contribution in [0.25, 0.3) is 0 Å². The smallest absolute Gasteiger partial charge is 0.398 e. The van der Waals surface area contributed by atoms with E-state index < -0.39 is 28.6 Å². The Balaban J connectivity index is 3.23. The number of nitro benzene ring substituents is 1. The fraction of sp³-hybridized carbons (Fsp3) is 0.300. The van der Waals surface area contributed by atoms with Gasteiger partial charge in [-0.2, -0.15) is 0 Å². The molecule has 9 heteroatoms. The van der Waals surface area contributed by atoms with E-state index >= 15 is 0 Å². The SMILES string of the molecule is CN(C)C(=O)c1ccc(OC(F)(F)F)c([N+](=O)[O-])c1. The Bertz CT molecular complexity index is 514. The third kappa shape index (κ3) is 3.83. The summed E-state index contributed by atoms with van der Waals surface area (Å²) >= 11 is 0. The molecule has 0 aromatic heterocycles. The molecule has 0 radical (unpaired) electrons. The molecule has 1 aromatic rings. The van der Waals surface area contributed by atoms with Gasteiger partial charge in [-0.1, -0.05) is 0 Å². The van der Waals surface area contributed by atoms with Gasteiger partial charge in [0.1, 0.15) is 0 Å². The molecule has 0 aliphatic heterocycles. The number of nitro groups is 1. The van der Waals surface area contributed by atoms with Crippen LogP contribution in [0.15, 0.2) is 18.2 Å². The fourth-order valence-corrected chi connectivity index (χ4v) is 1.26. The van der Waals surface area contributed by atoms with Crippen molar-refractivity contribution in [3.63, 3.8) is 0 Å². The van der Waals surface area contributed by atoms with Crippen LogP contribution in [0.3, 0.4) is 0 Å². The zero-order valence-electron chi connectivity index (χ0n) is 9.89. The first kappa shape index (κ1) is 14.7. The highest BCUT2D eigenvalue weighted by atomic mass is 19.4. The quantitative estimate of drug-likeness (QED) is 0.627. The van der Waals surface area contributed by atoms with Crippen molar-refractivity contribution >= 4 is 11.6 Å². The Morgan fingerprint density at radius 2 is 1.95 bits per heavy atom. The lowest BCUT2D eigenvalue weighted by molar-refractivity contribution is -0.388. The summed E-state index contributed by atoms with van der Waals surface area (Å²) in [6, 6.07) is 2.50. The highest BCUT2D eigenvalue weighted by molar-refractivity contribution is 5.94. The molecule has 0 saturated heterocycles. The van der Waals surface area contributed by atoms with Gasteiger partial charge in [0.25, 0.3) is 5.91 Å². The maximum absolute atomic E-state index is 12.1. The third-order valence-corrected chi connectivity index (χ3v) is 2.03. The Morgan fingerprint density at radius 1 is 1.37 bits per heavy atom. The highest BCUT2D eigenvalue weighted by Crippen LogP contribution is 2.32. The maximum Gasteiger partial charge on any atom is 0.573 e. The predicted octanol–water partition coefficient (Wildman–Crippen LogP) is 2.20. The molecule has 0 atom stereocenters. The van der Waals surface area contributed by atoms with E-state index in [1.165, 1.54) is 14.1 Å². The first-order valence-corrected chi connectivity index (χ1v) is 4.87. The van der Waals surface area contributed by atoms with Crippen LogP contribution in [0.4, 0.5) is 18.9 Å². The number of ether oxygens (including phenoxy) is 1. The zero-order valence-corrected chi connectivity index (χ0v) is 9.89. The van der Waals surface area contributed by atoms with Crippen LogP contribution in [0.2, 0.25) is 0 Å². The molecule has 1 aromatic carbocycles. The summed E-state index contributed by atoms with van der Waals surface area (Å²) in [6.45, 7) is 0. The van der Waals surface area contributed by atoms with Crippen molar-refractivity contribution in [1.82, 2.24) is 4.90 Å². The molecule has 0 bridgehead atoms. The van der Waals surface area contributed by atoms with Gasteiger partial charge in [-0.3, -0.25) is 14.9 Å². The van der Waals surface area contributed by atoms with E-state index in [4.69, 9.17) is 0 Å². The van der Waals surface area contributed by atoms with Gasteiger partial charge in [-0.05, 0) is 12.1 Å². The molecule has 1 rings (SSSR count). The average molecular weight is 278 g/mol. The van der Waals surface area contributed by atoms with Crippen LogP contribution in [-0.2, 0) is 0 Å². The van der Waals surface area contributed by atoms with E-state index in [-0.39, 0.29) is 5.56 Å². The number of nitrogens with zero attached hydrogens (tertiary/aromatic N) is 2. The summed E-state index contributed by atoms with van der Waals surface area (Å²) in [4.78, 5) is 22.3. The van der Waals surface area contributed by atoms with Gasteiger partial charge in [-0.25, -0.2) is 0 Å². The largest absolute Gasteiger partial charge is 0.573 e. The summed E-state index contributed by atoms with van der Waals surface area (Å²) in [7, 11) is 2.82. The fourth-order valence-electron chi connectivity index (χ4n) is 1.26. The summed E-state index contributed by atoms with van der Waals surface area (Å²) in [6.07, 6.45) is -5.04. The third-order valence-electron chi connectivity index (χ3n) is 2.03. The molecule has 0 N–H and O–H groups in total. The molecule has 1 amide bonds. The summed E-state index contributed by atoms with van der Waals surface area (Å²) in [5.41, 5.74) is -1.03. The average Bonchev–Trinajstić information content (AvgIpc) is 2.26. The summed E-state index contributed by atoms with van der Waals surface area (Å²) < 4.78 is 39.7. The van der Waals surface area contributed by atoms with Gasteiger partial charge in [0, 0.05) is 25.7 Å². The number of hydrogen-bond donors (Lipinski definition) is 0. The van der Waals surface area contributed by atoms with Crippen LogP contribution in [0.1, 0.15) is 10.4 Å². The van der Waals surface area contributed by atoms with E-state index in [2.05, 4.69) is 4.74 Å². The van der Waals surface area contributed by atoms with Crippen molar-refractivity contribution in [1.29, 1.82) is 0 Å². The molecule has 6 nitrogen and oxygen atoms in total. The second-order valence-electron chi connectivity index (χ2n) is 3.69. The molecule has 0 saturated carbocycles. The number of benzene rings is 1. The molecule has 104 valence electrons. The van der Waals surface area contributed by atoms with E-state index in [1.807, 2.05) is 0 Å². The van der Waals surface area contributed by atoms with Gasteiger partial charge in [-0.15, -0.1) is 13.2 Å². The molecular formula is C10H9F3N2O4. The van der Waals surface area contributed by atoms with Gasteiger partial charge in [0.2, 0.25) is 5.75 Å². The molecule has 0 spiro atoms. The number of alkyl halides is 3. The monoisotopic (exact) mass is 278 g/mol. The highest BCUT2D eigenvalue weighted by Gasteiger charge is 2.34. The first-order chi connectivity index (χ1) is 8.61. The van der Waals surface area contributed by atoms with Crippen LogP contribution < -0.4 is 4.74 Å². The molecule has 0 aliphatic carbocycles. The van der Waals surface area contributed by atoms with Crippen molar-refractivity contribution in [3.8, 4) is 5.75 Å². The second-order valence-corrected chi connectivity index (χ2v) is 3.69. The predicted molar refractivity (Wildman–Crippen MR) is 57.8 cm³/mol. The van der Waals surface area contributed by atoms with Crippen molar-refractivity contribution in [2.24, 2.45) is 0 Å². The van der Waals surface area contributed by atoms with Crippen LogP contribution in [0.5, 0.6) is 5.75 Å². The Hall–Kier alpha value is -2.32.